The highest BCUT2D eigenvalue weighted by Crippen LogP contribution is 2.29. The second kappa shape index (κ2) is 5.48. The Morgan fingerprint density at radius 2 is 2.09 bits per heavy atom. The minimum absolute atomic E-state index is 0.122. The lowest BCUT2D eigenvalue weighted by Crippen LogP contribution is -2.23. The van der Waals surface area contributed by atoms with Crippen molar-refractivity contribution in [1.82, 2.24) is 14.8 Å². The number of aryl methyl sites for hydroxylation is 1. The summed E-state index contributed by atoms with van der Waals surface area (Å²) in [6, 6.07) is 7.95. The van der Waals surface area contributed by atoms with E-state index < -0.39 is 4.92 Å². The second-order valence-electron chi connectivity index (χ2n) is 5.00. The van der Waals surface area contributed by atoms with Crippen molar-refractivity contribution in [2.45, 2.75) is 6.92 Å². The van der Waals surface area contributed by atoms with Crippen molar-refractivity contribution in [3.8, 4) is 0 Å². The van der Waals surface area contributed by atoms with Gasteiger partial charge in [-0.3, -0.25) is 24.5 Å². The molecule has 0 N–H and O–H groups in total. The van der Waals surface area contributed by atoms with Crippen LogP contribution in [0.15, 0.2) is 42.7 Å². The van der Waals surface area contributed by atoms with Crippen LogP contribution >= 0.6 is 0 Å². The van der Waals surface area contributed by atoms with Crippen LogP contribution in [0.1, 0.15) is 6.92 Å². The van der Waals surface area contributed by atoms with Gasteiger partial charge in [0.05, 0.1) is 28.4 Å². The highest BCUT2D eigenvalue weighted by atomic mass is 16.6. The van der Waals surface area contributed by atoms with Crippen molar-refractivity contribution in [1.29, 1.82) is 0 Å². The van der Waals surface area contributed by atoms with Crippen molar-refractivity contribution in [2.75, 3.05) is 4.90 Å². The van der Waals surface area contributed by atoms with Gasteiger partial charge in [0.2, 0.25) is 5.91 Å². The fourth-order valence-corrected chi connectivity index (χ4v) is 2.39. The van der Waals surface area contributed by atoms with E-state index in [1.165, 1.54) is 30.2 Å². The maximum Gasteiger partial charge on any atom is 0.274 e. The minimum atomic E-state index is -0.520. The monoisotopic (exact) mass is 311 g/mol. The van der Waals surface area contributed by atoms with E-state index >= 15 is 0 Å². The number of aromatic nitrogens is 3. The fourth-order valence-electron chi connectivity index (χ4n) is 2.39. The van der Waals surface area contributed by atoms with E-state index in [0.717, 1.165) is 10.9 Å². The summed E-state index contributed by atoms with van der Waals surface area (Å²) in [5.41, 5.74) is 1.30. The SMILES string of the molecule is CC(=O)N(c1ccc2cnn(C)c2c1)c1cc([N+](=O)[O-])ccn1. The molecule has 0 spiro atoms. The summed E-state index contributed by atoms with van der Waals surface area (Å²) in [7, 11) is 1.80. The van der Waals surface area contributed by atoms with Crippen LogP contribution in [0.4, 0.5) is 17.2 Å². The molecule has 0 radical (unpaired) electrons. The van der Waals surface area contributed by atoms with Gasteiger partial charge in [0, 0.05) is 31.6 Å². The van der Waals surface area contributed by atoms with Crippen molar-refractivity contribution in [3.05, 3.63) is 52.8 Å². The zero-order valence-electron chi connectivity index (χ0n) is 12.5. The molecule has 8 nitrogen and oxygen atoms in total. The van der Waals surface area contributed by atoms with Gasteiger partial charge in [-0.05, 0) is 18.2 Å². The third-order valence-electron chi connectivity index (χ3n) is 3.47. The van der Waals surface area contributed by atoms with Gasteiger partial charge in [-0.1, -0.05) is 0 Å². The number of rotatable bonds is 3. The molecule has 1 amide bonds. The minimum Gasteiger partial charge on any atom is -0.274 e. The van der Waals surface area contributed by atoms with Gasteiger partial charge in [-0.25, -0.2) is 4.98 Å². The molecule has 116 valence electrons. The molecule has 2 aromatic heterocycles. The number of carbonyl (C=O) groups is 1. The molecule has 1 aromatic carbocycles. The van der Waals surface area contributed by atoms with Crippen LogP contribution in [0.2, 0.25) is 0 Å². The number of amides is 1. The Hall–Kier alpha value is -3.29. The summed E-state index contributed by atoms with van der Waals surface area (Å²) in [5, 5.41) is 16.0. The molecule has 8 heteroatoms. The highest BCUT2D eigenvalue weighted by Gasteiger charge is 2.19. The average molecular weight is 311 g/mol. The van der Waals surface area contributed by atoms with Gasteiger partial charge >= 0.3 is 0 Å². The van der Waals surface area contributed by atoms with E-state index in [-0.39, 0.29) is 17.4 Å². The number of hydrogen-bond donors (Lipinski definition) is 0. The molecule has 0 fully saturated rings. The summed E-state index contributed by atoms with van der Waals surface area (Å²) in [6.07, 6.45) is 3.04. The van der Waals surface area contributed by atoms with Crippen LogP contribution in [-0.4, -0.2) is 25.6 Å². The van der Waals surface area contributed by atoms with Crippen LogP contribution in [-0.2, 0) is 11.8 Å². The standard InChI is InChI=1S/C15H13N5O3/c1-10(21)19(15-8-13(20(22)23)5-6-16-15)12-4-3-11-9-17-18(2)14(11)7-12/h3-9H,1-2H3. The van der Waals surface area contributed by atoms with E-state index in [9.17, 15) is 14.9 Å². The van der Waals surface area contributed by atoms with E-state index in [2.05, 4.69) is 10.1 Å². The highest BCUT2D eigenvalue weighted by molar-refractivity contribution is 6.00. The number of nitro groups is 1. The van der Waals surface area contributed by atoms with Gasteiger partial charge in [0.25, 0.3) is 5.69 Å². The molecule has 0 aliphatic carbocycles. The molecule has 3 rings (SSSR count). The van der Waals surface area contributed by atoms with Crippen molar-refractivity contribution < 1.29 is 9.72 Å². The van der Waals surface area contributed by atoms with E-state index in [1.807, 2.05) is 6.07 Å². The predicted octanol–water partition coefficient (Wildman–Crippen LogP) is 2.56. The lowest BCUT2D eigenvalue weighted by atomic mass is 10.2. The first-order valence-corrected chi connectivity index (χ1v) is 6.80. The van der Waals surface area contributed by atoms with Crippen LogP contribution in [0, 0.1) is 10.1 Å². The van der Waals surface area contributed by atoms with Gasteiger partial charge in [0.1, 0.15) is 5.82 Å². The van der Waals surface area contributed by atoms with Crippen LogP contribution in [0.5, 0.6) is 0 Å². The Kier molecular flexibility index (Phi) is 3.49. The van der Waals surface area contributed by atoms with Crippen LogP contribution < -0.4 is 4.90 Å². The molecule has 2 heterocycles. The lowest BCUT2D eigenvalue weighted by molar-refractivity contribution is -0.384. The van der Waals surface area contributed by atoms with Crippen LogP contribution in [0.25, 0.3) is 10.9 Å². The number of pyridine rings is 1. The molecule has 0 atom stereocenters. The maximum absolute atomic E-state index is 12.1. The van der Waals surface area contributed by atoms with Gasteiger partial charge < -0.3 is 0 Å². The first-order valence-electron chi connectivity index (χ1n) is 6.80. The summed E-state index contributed by atoms with van der Waals surface area (Å²) < 4.78 is 1.69. The molecule has 0 saturated heterocycles. The zero-order valence-corrected chi connectivity index (χ0v) is 12.5. The van der Waals surface area contributed by atoms with E-state index in [4.69, 9.17) is 0 Å². The third-order valence-corrected chi connectivity index (χ3v) is 3.47. The van der Waals surface area contributed by atoms with Crippen molar-refractivity contribution >= 4 is 34.0 Å². The topological polar surface area (TPSA) is 94.2 Å². The molecule has 3 aromatic rings. The normalized spacial score (nSPS) is 10.7. The molecule has 23 heavy (non-hydrogen) atoms. The fraction of sp³-hybridized carbons (Fsp3) is 0.133. The Morgan fingerprint density at radius 3 is 2.78 bits per heavy atom. The first-order chi connectivity index (χ1) is 11.0. The molecule has 0 unspecified atom stereocenters. The smallest absolute Gasteiger partial charge is 0.274 e. The second-order valence-corrected chi connectivity index (χ2v) is 5.00. The quantitative estimate of drug-likeness (QED) is 0.547. The van der Waals surface area contributed by atoms with Gasteiger partial charge in [0.15, 0.2) is 0 Å². The third kappa shape index (κ3) is 2.61. The zero-order chi connectivity index (χ0) is 16.6. The van der Waals surface area contributed by atoms with E-state index in [0.29, 0.717) is 5.69 Å². The molecular formula is C15H13N5O3. The molecule has 0 aliphatic heterocycles. The van der Waals surface area contributed by atoms with Crippen LogP contribution in [0.3, 0.4) is 0 Å². The number of fused-ring (bicyclic) bond motifs is 1. The number of benzene rings is 1. The number of hydrogen-bond acceptors (Lipinski definition) is 5. The number of carbonyl (C=O) groups excluding carboxylic acids is 1. The predicted molar refractivity (Wildman–Crippen MR) is 84.4 cm³/mol. The summed E-state index contributed by atoms with van der Waals surface area (Å²) in [5.74, 6) is -0.0901. The molecule has 0 saturated carbocycles. The molecular weight excluding hydrogens is 298 g/mol. The lowest BCUT2D eigenvalue weighted by Gasteiger charge is -2.20. The summed E-state index contributed by atoms with van der Waals surface area (Å²) >= 11 is 0. The molecule has 0 aliphatic rings. The summed E-state index contributed by atoms with van der Waals surface area (Å²) in [6.45, 7) is 1.38. The Bertz CT molecular complexity index is 918. The van der Waals surface area contributed by atoms with Crippen molar-refractivity contribution in [3.63, 3.8) is 0 Å². The average Bonchev–Trinajstić information content (AvgIpc) is 2.89. The number of anilines is 2. The summed E-state index contributed by atoms with van der Waals surface area (Å²) in [4.78, 5) is 27.9. The largest absolute Gasteiger partial charge is 0.274 e. The Labute approximate surface area is 131 Å². The Balaban J connectivity index is 2.14. The van der Waals surface area contributed by atoms with Gasteiger partial charge in [-0.2, -0.15) is 5.10 Å². The molecule has 0 bridgehead atoms. The maximum atomic E-state index is 12.1. The first kappa shape index (κ1) is 14.6. The van der Waals surface area contributed by atoms with Gasteiger partial charge in [-0.15, -0.1) is 0 Å². The number of nitrogens with zero attached hydrogens (tertiary/aromatic N) is 5. The van der Waals surface area contributed by atoms with Crippen molar-refractivity contribution in [2.24, 2.45) is 7.05 Å². The Morgan fingerprint density at radius 1 is 1.30 bits per heavy atom. The van der Waals surface area contributed by atoms with E-state index in [1.54, 1.807) is 30.1 Å².